The van der Waals surface area contributed by atoms with Crippen LogP contribution in [0.4, 0.5) is 4.79 Å². The number of likely N-dealkylation sites (tertiary alicyclic amines) is 1. The third-order valence-electron chi connectivity index (χ3n) is 6.41. The van der Waals surface area contributed by atoms with Gasteiger partial charge in [0, 0.05) is 33.2 Å². The van der Waals surface area contributed by atoms with Crippen LogP contribution in [0.1, 0.15) is 36.0 Å². The van der Waals surface area contributed by atoms with Gasteiger partial charge in [0.2, 0.25) is 10.0 Å². The van der Waals surface area contributed by atoms with Gasteiger partial charge < -0.3 is 15.0 Å². The fourth-order valence-corrected chi connectivity index (χ4v) is 5.55. The molecule has 0 radical (unpaired) electrons. The summed E-state index contributed by atoms with van der Waals surface area (Å²) in [6.07, 6.45) is 2.80. The van der Waals surface area contributed by atoms with E-state index < -0.39 is 10.0 Å². The summed E-state index contributed by atoms with van der Waals surface area (Å²) in [5, 5.41) is 2.68. The molecule has 4 rings (SSSR count). The largest absolute Gasteiger partial charge is 0.490 e. The lowest BCUT2D eigenvalue weighted by Gasteiger charge is -2.35. The number of piperidine rings is 1. The molecule has 0 spiro atoms. The van der Waals surface area contributed by atoms with E-state index >= 15 is 0 Å². The molecule has 1 atom stereocenters. The number of rotatable bonds is 7. The van der Waals surface area contributed by atoms with Crippen LogP contribution in [0.25, 0.3) is 0 Å². The topological polar surface area (TPSA) is 91.0 Å². The summed E-state index contributed by atoms with van der Waals surface area (Å²) in [5.74, 6) is 0.306. The van der Waals surface area contributed by atoms with E-state index in [-0.39, 0.29) is 23.6 Å². The molecule has 2 aromatic carbocycles. The van der Waals surface area contributed by atoms with Crippen molar-refractivity contribution in [1.29, 1.82) is 0 Å². The molecule has 0 aliphatic carbocycles. The molecule has 33 heavy (non-hydrogen) atoms. The smallest absolute Gasteiger partial charge is 0.317 e. The van der Waals surface area contributed by atoms with E-state index in [0.717, 1.165) is 37.9 Å². The molecular weight excluding hydrogens is 440 g/mol. The normalized spacial score (nSPS) is 18.7. The van der Waals surface area contributed by atoms with Crippen molar-refractivity contribution in [3.8, 4) is 5.75 Å². The van der Waals surface area contributed by atoms with Gasteiger partial charge in [-0.1, -0.05) is 30.3 Å². The highest BCUT2D eigenvalue weighted by Gasteiger charge is 2.28. The lowest BCUT2D eigenvalue weighted by Crippen LogP contribution is -2.50. The Hall–Kier alpha value is -2.62. The Kier molecular flexibility index (Phi) is 7.21. The Balaban J connectivity index is 1.50. The molecular formula is C24H32N4O4S. The van der Waals surface area contributed by atoms with E-state index in [9.17, 15) is 13.2 Å². The Morgan fingerprint density at radius 3 is 2.48 bits per heavy atom. The highest BCUT2D eigenvalue weighted by atomic mass is 32.2. The second-order valence-corrected chi connectivity index (χ2v) is 10.5. The summed E-state index contributed by atoms with van der Waals surface area (Å²) < 4.78 is 34.0. The fourth-order valence-electron chi connectivity index (χ4n) is 4.63. The first kappa shape index (κ1) is 23.5. The molecule has 2 N–H and O–H groups in total. The van der Waals surface area contributed by atoms with E-state index in [1.165, 1.54) is 18.2 Å². The minimum absolute atomic E-state index is 0.0911. The predicted octanol–water partition coefficient (Wildman–Crippen LogP) is 2.68. The number of ether oxygens (including phenoxy) is 1. The molecule has 0 aromatic heterocycles. The number of fused-ring (bicyclic) bond motifs is 1. The zero-order valence-corrected chi connectivity index (χ0v) is 20.0. The Labute approximate surface area is 196 Å². The number of nitrogens with zero attached hydrogens (tertiary/aromatic N) is 2. The van der Waals surface area contributed by atoms with Gasteiger partial charge in [-0.15, -0.1) is 0 Å². The van der Waals surface area contributed by atoms with E-state index in [1.54, 1.807) is 24.1 Å². The molecule has 1 unspecified atom stereocenters. The number of benzene rings is 2. The van der Waals surface area contributed by atoms with Gasteiger partial charge in [0.25, 0.3) is 0 Å². The average molecular weight is 473 g/mol. The van der Waals surface area contributed by atoms with Crippen LogP contribution in [-0.4, -0.2) is 57.5 Å². The summed E-state index contributed by atoms with van der Waals surface area (Å²) in [5.41, 5.74) is 3.54. The van der Waals surface area contributed by atoms with Crippen molar-refractivity contribution in [2.45, 2.75) is 49.8 Å². The molecule has 2 aliphatic rings. The number of nitrogens with one attached hydrogen (secondary N) is 2. The van der Waals surface area contributed by atoms with Gasteiger partial charge in [-0.25, -0.2) is 17.9 Å². The minimum atomic E-state index is -3.71. The second-order valence-electron chi connectivity index (χ2n) is 8.61. The summed E-state index contributed by atoms with van der Waals surface area (Å²) >= 11 is 0. The lowest BCUT2D eigenvalue weighted by molar-refractivity contribution is 0.116. The average Bonchev–Trinajstić information content (AvgIpc) is 3.25. The lowest BCUT2D eigenvalue weighted by atomic mass is 10.0. The van der Waals surface area contributed by atoms with Gasteiger partial charge >= 0.3 is 6.03 Å². The standard InChI is InChI=1S/C24H32N4O4S/c1-25-24(29)28-12-6-5-9-21(28)17-32-22-11-10-18(13-23(22)33(30,31)26-2)14-27-15-19-7-3-4-8-20(19)16-27/h3-4,7-8,10-11,13,21,26H,5-6,9,12,14-17H2,1-2H3,(H,25,29). The number of hydrogen-bond acceptors (Lipinski definition) is 5. The Bertz CT molecular complexity index is 1080. The first-order chi connectivity index (χ1) is 15.9. The monoisotopic (exact) mass is 472 g/mol. The maximum Gasteiger partial charge on any atom is 0.317 e. The van der Waals surface area contributed by atoms with Crippen LogP contribution in [0, 0.1) is 0 Å². The Morgan fingerprint density at radius 1 is 1.09 bits per heavy atom. The molecule has 9 heteroatoms. The van der Waals surface area contributed by atoms with Crippen molar-refractivity contribution in [2.24, 2.45) is 0 Å². The number of hydrogen-bond donors (Lipinski definition) is 2. The fraction of sp³-hybridized carbons (Fsp3) is 0.458. The maximum absolute atomic E-state index is 12.8. The summed E-state index contributed by atoms with van der Waals surface area (Å²) in [7, 11) is -0.697. The highest BCUT2D eigenvalue weighted by molar-refractivity contribution is 7.89. The maximum atomic E-state index is 12.8. The zero-order chi connectivity index (χ0) is 23.4. The molecule has 1 fully saturated rings. The molecule has 1 saturated heterocycles. The second kappa shape index (κ2) is 10.1. The number of amides is 2. The third-order valence-corrected chi connectivity index (χ3v) is 7.85. The number of carbonyl (C=O) groups is 1. The van der Waals surface area contributed by atoms with Crippen molar-refractivity contribution in [2.75, 3.05) is 27.2 Å². The summed E-state index contributed by atoms with van der Waals surface area (Å²) in [6, 6.07) is 13.5. The van der Waals surface area contributed by atoms with E-state index in [4.69, 9.17) is 4.74 Å². The molecule has 178 valence electrons. The van der Waals surface area contributed by atoms with Crippen molar-refractivity contribution in [1.82, 2.24) is 19.8 Å². The van der Waals surface area contributed by atoms with Gasteiger partial charge in [0.1, 0.15) is 17.3 Å². The number of carbonyl (C=O) groups excluding carboxylic acids is 1. The SMILES string of the molecule is CNC(=O)N1CCCCC1COc1ccc(CN2Cc3ccccc3C2)cc1S(=O)(=O)NC. The number of sulfonamides is 1. The molecule has 2 amide bonds. The van der Waals surface area contributed by atoms with Crippen LogP contribution < -0.4 is 14.8 Å². The zero-order valence-electron chi connectivity index (χ0n) is 19.2. The molecule has 2 aliphatic heterocycles. The van der Waals surface area contributed by atoms with Crippen LogP contribution in [0.5, 0.6) is 5.75 Å². The van der Waals surface area contributed by atoms with E-state index in [0.29, 0.717) is 18.8 Å². The van der Waals surface area contributed by atoms with Gasteiger partial charge in [0.15, 0.2) is 0 Å². The molecule has 8 nitrogen and oxygen atoms in total. The van der Waals surface area contributed by atoms with Crippen LogP contribution in [0.15, 0.2) is 47.4 Å². The molecule has 2 heterocycles. The third kappa shape index (κ3) is 5.31. The van der Waals surface area contributed by atoms with Crippen LogP contribution in [-0.2, 0) is 29.7 Å². The minimum Gasteiger partial charge on any atom is -0.490 e. The van der Waals surface area contributed by atoms with Gasteiger partial charge in [-0.3, -0.25) is 4.90 Å². The molecule has 2 aromatic rings. The summed E-state index contributed by atoms with van der Waals surface area (Å²) in [6.45, 7) is 3.26. The van der Waals surface area contributed by atoms with Crippen LogP contribution >= 0.6 is 0 Å². The number of urea groups is 1. The van der Waals surface area contributed by atoms with Crippen LogP contribution in [0.2, 0.25) is 0 Å². The van der Waals surface area contributed by atoms with Gasteiger partial charge in [0.05, 0.1) is 6.04 Å². The molecule has 0 saturated carbocycles. The van der Waals surface area contributed by atoms with Gasteiger partial charge in [-0.05, 0) is 55.1 Å². The first-order valence-corrected chi connectivity index (χ1v) is 12.9. The van der Waals surface area contributed by atoms with Crippen molar-refractivity contribution < 1.29 is 17.9 Å². The van der Waals surface area contributed by atoms with Crippen molar-refractivity contribution >= 4 is 16.1 Å². The first-order valence-electron chi connectivity index (χ1n) is 11.4. The van der Waals surface area contributed by atoms with E-state index in [1.807, 2.05) is 18.2 Å². The highest BCUT2D eigenvalue weighted by Crippen LogP contribution is 2.29. The molecule has 0 bridgehead atoms. The quantitative estimate of drug-likeness (QED) is 0.647. The van der Waals surface area contributed by atoms with Crippen LogP contribution in [0.3, 0.4) is 0 Å². The summed E-state index contributed by atoms with van der Waals surface area (Å²) in [4.78, 5) is 16.4. The van der Waals surface area contributed by atoms with Gasteiger partial charge in [-0.2, -0.15) is 0 Å². The van der Waals surface area contributed by atoms with E-state index in [2.05, 4.69) is 27.1 Å². The van der Waals surface area contributed by atoms with Crippen molar-refractivity contribution in [3.05, 3.63) is 59.2 Å². The predicted molar refractivity (Wildman–Crippen MR) is 126 cm³/mol. The van der Waals surface area contributed by atoms with Crippen molar-refractivity contribution in [3.63, 3.8) is 0 Å². The Morgan fingerprint density at radius 2 is 1.82 bits per heavy atom.